The van der Waals surface area contributed by atoms with Gasteiger partial charge in [0.2, 0.25) is 21.8 Å². The van der Waals surface area contributed by atoms with Crippen LogP contribution in [0.1, 0.15) is 31.9 Å². The van der Waals surface area contributed by atoms with E-state index < -0.39 is 39.3 Å². The summed E-state index contributed by atoms with van der Waals surface area (Å²) in [6.45, 7) is 6.43. The molecule has 13 heteroatoms. The van der Waals surface area contributed by atoms with Crippen molar-refractivity contribution in [2.75, 3.05) is 23.7 Å². The van der Waals surface area contributed by atoms with Crippen molar-refractivity contribution < 1.29 is 22.9 Å². The number of hydrogen-bond donors (Lipinski definition) is 1. The first kappa shape index (κ1) is 30.3. The summed E-state index contributed by atoms with van der Waals surface area (Å²) >= 11 is 12.6. The first-order valence-corrected chi connectivity index (χ1v) is 14.0. The lowest BCUT2D eigenvalue weighted by atomic mass is 10.1. The van der Waals surface area contributed by atoms with Gasteiger partial charge in [-0.1, -0.05) is 49.2 Å². The van der Waals surface area contributed by atoms with Crippen LogP contribution in [0.15, 0.2) is 36.4 Å². The standard InChI is InChI=1S/C24H30Cl2N4O6S/c1-15(2)12-27-24(32)17(4)28(13-19-20(25)7-6-8-21(19)26)23(31)14-29(37(5,35)36)22-11-18(30(33)34)10-9-16(22)3/h6-11,15,17H,12-14H2,1-5H3,(H,27,32)/t17-/m1/s1. The minimum atomic E-state index is -4.06. The Balaban J connectivity index is 2.52. The maximum absolute atomic E-state index is 13.6. The number of nitrogens with zero attached hydrogens (tertiary/aromatic N) is 3. The Morgan fingerprint density at radius 1 is 1.11 bits per heavy atom. The van der Waals surface area contributed by atoms with Crippen LogP contribution in [0, 0.1) is 23.0 Å². The highest BCUT2D eigenvalue weighted by Crippen LogP contribution is 2.29. The molecule has 0 saturated heterocycles. The normalized spacial score (nSPS) is 12.2. The van der Waals surface area contributed by atoms with Crippen molar-refractivity contribution in [1.82, 2.24) is 10.2 Å². The minimum Gasteiger partial charge on any atom is -0.354 e. The number of benzene rings is 2. The molecule has 0 aromatic heterocycles. The second-order valence-electron chi connectivity index (χ2n) is 9.03. The van der Waals surface area contributed by atoms with E-state index in [4.69, 9.17) is 23.2 Å². The van der Waals surface area contributed by atoms with Crippen LogP contribution in [0.4, 0.5) is 11.4 Å². The van der Waals surface area contributed by atoms with Gasteiger partial charge in [0.25, 0.3) is 5.69 Å². The summed E-state index contributed by atoms with van der Waals surface area (Å²) in [5.74, 6) is -1.00. The van der Waals surface area contributed by atoms with E-state index in [-0.39, 0.29) is 33.9 Å². The summed E-state index contributed by atoms with van der Waals surface area (Å²) in [4.78, 5) is 38.4. The maximum Gasteiger partial charge on any atom is 0.271 e. The molecular formula is C24H30Cl2N4O6S. The zero-order valence-electron chi connectivity index (χ0n) is 21.2. The van der Waals surface area contributed by atoms with Gasteiger partial charge >= 0.3 is 0 Å². The number of hydrogen-bond acceptors (Lipinski definition) is 6. The number of non-ortho nitro benzene ring substituents is 1. The molecule has 2 aromatic rings. The monoisotopic (exact) mass is 572 g/mol. The number of carbonyl (C=O) groups excluding carboxylic acids is 2. The molecule has 0 heterocycles. The highest BCUT2D eigenvalue weighted by atomic mass is 35.5. The van der Waals surface area contributed by atoms with Crippen LogP contribution in [0.25, 0.3) is 0 Å². The summed E-state index contributed by atoms with van der Waals surface area (Å²) in [5.41, 5.74) is 0.452. The fraction of sp³-hybridized carbons (Fsp3) is 0.417. The number of halogens is 2. The molecule has 10 nitrogen and oxygen atoms in total. The van der Waals surface area contributed by atoms with Crippen LogP contribution in [0.2, 0.25) is 10.0 Å². The van der Waals surface area contributed by atoms with Crippen LogP contribution in [-0.4, -0.2) is 55.4 Å². The first-order chi connectivity index (χ1) is 17.1. The molecule has 0 unspecified atom stereocenters. The number of nitro groups is 1. The Bertz CT molecular complexity index is 1270. The molecule has 202 valence electrons. The molecule has 0 radical (unpaired) electrons. The molecule has 0 aliphatic carbocycles. The zero-order valence-corrected chi connectivity index (χ0v) is 23.5. The number of nitro benzene ring substituents is 1. The van der Waals surface area contributed by atoms with Gasteiger partial charge in [0.05, 0.1) is 16.9 Å². The predicted octanol–water partition coefficient (Wildman–Crippen LogP) is 4.17. The van der Waals surface area contributed by atoms with E-state index >= 15 is 0 Å². The molecule has 37 heavy (non-hydrogen) atoms. The summed E-state index contributed by atoms with van der Waals surface area (Å²) < 4.78 is 26.3. The third-order valence-electron chi connectivity index (χ3n) is 5.59. The lowest BCUT2D eigenvalue weighted by Gasteiger charge is -2.32. The summed E-state index contributed by atoms with van der Waals surface area (Å²) in [6.07, 6.45) is 0.895. The third-order valence-corrected chi connectivity index (χ3v) is 7.43. The largest absolute Gasteiger partial charge is 0.354 e. The highest BCUT2D eigenvalue weighted by molar-refractivity contribution is 7.92. The van der Waals surface area contributed by atoms with Crippen molar-refractivity contribution in [2.24, 2.45) is 5.92 Å². The van der Waals surface area contributed by atoms with Gasteiger partial charge in [-0.15, -0.1) is 0 Å². The molecular weight excluding hydrogens is 543 g/mol. The van der Waals surface area contributed by atoms with E-state index in [2.05, 4.69) is 5.32 Å². The molecule has 2 rings (SSSR count). The van der Waals surface area contributed by atoms with Crippen LogP contribution in [0.5, 0.6) is 0 Å². The summed E-state index contributed by atoms with van der Waals surface area (Å²) in [6, 6.07) is 7.54. The second-order valence-corrected chi connectivity index (χ2v) is 11.8. The average molecular weight is 573 g/mol. The van der Waals surface area contributed by atoms with E-state index in [1.807, 2.05) is 13.8 Å². The van der Waals surface area contributed by atoms with Crippen LogP contribution < -0.4 is 9.62 Å². The smallest absolute Gasteiger partial charge is 0.271 e. The van der Waals surface area contributed by atoms with Crippen molar-refractivity contribution in [3.63, 3.8) is 0 Å². The fourth-order valence-corrected chi connectivity index (χ4v) is 4.88. The van der Waals surface area contributed by atoms with E-state index in [0.717, 1.165) is 16.6 Å². The van der Waals surface area contributed by atoms with Crippen molar-refractivity contribution in [3.05, 3.63) is 67.7 Å². The summed E-state index contributed by atoms with van der Waals surface area (Å²) in [7, 11) is -4.06. The number of aryl methyl sites for hydroxylation is 1. The molecule has 0 bridgehead atoms. The van der Waals surface area contributed by atoms with E-state index in [0.29, 0.717) is 17.7 Å². The molecule has 0 spiro atoms. The van der Waals surface area contributed by atoms with Gasteiger partial charge < -0.3 is 10.2 Å². The molecule has 2 amide bonds. The van der Waals surface area contributed by atoms with Gasteiger partial charge in [-0.25, -0.2) is 8.42 Å². The van der Waals surface area contributed by atoms with Crippen molar-refractivity contribution in [1.29, 1.82) is 0 Å². The third kappa shape index (κ3) is 8.05. The van der Waals surface area contributed by atoms with E-state index in [1.54, 1.807) is 25.1 Å². The second kappa shape index (κ2) is 12.6. The fourth-order valence-electron chi connectivity index (χ4n) is 3.46. The molecule has 0 aliphatic rings. The van der Waals surface area contributed by atoms with Gasteiger partial charge in [-0.05, 0) is 37.5 Å². The topological polar surface area (TPSA) is 130 Å². The number of sulfonamides is 1. The zero-order chi connectivity index (χ0) is 28.1. The predicted molar refractivity (Wildman–Crippen MR) is 144 cm³/mol. The van der Waals surface area contributed by atoms with Gasteiger partial charge in [0.15, 0.2) is 0 Å². The van der Waals surface area contributed by atoms with Crippen LogP contribution >= 0.6 is 23.2 Å². The van der Waals surface area contributed by atoms with Gasteiger partial charge in [-0.2, -0.15) is 0 Å². The lowest BCUT2D eigenvalue weighted by Crippen LogP contribution is -2.51. The first-order valence-electron chi connectivity index (χ1n) is 11.4. The SMILES string of the molecule is Cc1ccc([N+](=O)[O-])cc1N(CC(=O)N(Cc1c(Cl)cccc1Cl)[C@H](C)C(=O)NCC(C)C)S(C)(=O)=O. The molecule has 0 fully saturated rings. The molecule has 1 N–H and O–H groups in total. The van der Waals surface area contributed by atoms with Crippen LogP contribution in [0.3, 0.4) is 0 Å². The Hall–Kier alpha value is -2.89. The van der Waals surface area contributed by atoms with Crippen molar-refractivity contribution in [3.8, 4) is 0 Å². The Morgan fingerprint density at radius 3 is 2.22 bits per heavy atom. The van der Waals surface area contributed by atoms with E-state index in [9.17, 15) is 28.1 Å². The average Bonchev–Trinajstić information content (AvgIpc) is 2.80. The van der Waals surface area contributed by atoms with Gasteiger partial charge in [0, 0.05) is 40.8 Å². The molecule has 0 aliphatic heterocycles. The van der Waals surface area contributed by atoms with Gasteiger partial charge in [-0.3, -0.25) is 24.0 Å². The van der Waals surface area contributed by atoms with Crippen LogP contribution in [-0.2, 0) is 26.2 Å². The molecule has 2 aromatic carbocycles. The number of anilines is 1. The lowest BCUT2D eigenvalue weighted by molar-refractivity contribution is -0.384. The number of amides is 2. The Labute approximate surface area is 226 Å². The minimum absolute atomic E-state index is 0.0160. The number of carbonyl (C=O) groups is 2. The highest BCUT2D eigenvalue weighted by Gasteiger charge is 2.32. The van der Waals surface area contributed by atoms with Crippen molar-refractivity contribution >= 4 is 56.4 Å². The Kier molecular flexibility index (Phi) is 10.3. The van der Waals surface area contributed by atoms with E-state index in [1.165, 1.54) is 24.0 Å². The number of rotatable bonds is 11. The van der Waals surface area contributed by atoms with Gasteiger partial charge in [0.1, 0.15) is 12.6 Å². The Morgan fingerprint density at radius 2 is 1.70 bits per heavy atom. The molecule has 1 atom stereocenters. The van der Waals surface area contributed by atoms with Crippen molar-refractivity contribution in [2.45, 2.75) is 40.3 Å². The number of nitrogens with one attached hydrogen (secondary N) is 1. The quantitative estimate of drug-likeness (QED) is 0.317. The summed E-state index contributed by atoms with van der Waals surface area (Å²) in [5, 5.41) is 14.6. The maximum atomic E-state index is 13.6. The molecule has 0 saturated carbocycles.